The second-order valence-electron chi connectivity index (χ2n) is 8.14. The van der Waals surface area contributed by atoms with Crippen molar-refractivity contribution >= 4 is 11.8 Å². The van der Waals surface area contributed by atoms with Crippen molar-refractivity contribution in [3.63, 3.8) is 0 Å². The fraction of sp³-hybridized carbons (Fsp3) is 0.519. The minimum atomic E-state index is -0.833. The smallest absolute Gasteiger partial charge is 0.351 e. The zero-order valence-electron chi connectivity index (χ0n) is 20.4. The lowest BCUT2D eigenvalue weighted by molar-refractivity contribution is -0.142. The molecule has 6 nitrogen and oxygen atoms in total. The molecular weight excluding hydrogens is 420 g/mol. The second kappa shape index (κ2) is 15.8. The molecule has 0 aliphatic rings. The van der Waals surface area contributed by atoms with Gasteiger partial charge in [-0.25, -0.2) is 4.79 Å². The summed E-state index contributed by atoms with van der Waals surface area (Å²) in [5, 5.41) is 10.3. The number of allylic oxidation sites excluding steroid dienone is 5. The number of aryl methyl sites for hydroxylation is 1. The van der Waals surface area contributed by atoms with E-state index in [9.17, 15) is 19.5 Å². The molecule has 0 aromatic carbocycles. The van der Waals surface area contributed by atoms with Crippen LogP contribution in [0.25, 0.3) is 0 Å². The normalized spacial score (nSPS) is 12.4. The first-order valence-corrected chi connectivity index (χ1v) is 11.8. The Morgan fingerprint density at radius 1 is 1.06 bits per heavy atom. The van der Waals surface area contributed by atoms with E-state index in [4.69, 9.17) is 9.15 Å². The number of hydrogen-bond acceptors (Lipinski definition) is 6. The molecule has 0 aliphatic carbocycles. The number of esters is 1. The largest absolute Gasteiger partial charge is 0.507 e. The van der Waals surface area contributed by atoms with Crippen LogP contribution in [0.5, 0.6) is 5.75 Å². The number of hydrogen-bond donors (Lipinski definition) is 1. The highest BCUT2D eigenvalue weighted by atomic mass is 16.5. The molecule has 1 aromatic heterocycles. The van der Waals surface area contributed by atoms with Gasteiger partial charge in [0.05, 0.1) is 13.0 Å². The van der Waals surface area contributed by atoms with Crippen LogP contribution in [0.15, 0.2) is 50.7 Å². The number of carbonyl (C=O) groups excluding carboxylic acids is 2. The van der Waals surface area contributed by atoms with Crippen LogP contribution < -0.4 is 5.63 Å². The van der Waals surface area contributed by atoms with Gasteiger partial charge in [0, 0.05) is 12.5 Å². The van der Waals surface area contributed by atoms with Crippen molar-refractivity contribution in [2.45, 2.75) is 85.5 Å². The molecule has 0 saturated heterocycles. The molecule has 182 valence electrons. The maximum atomic E-state index is 12.7. The molecule has 0 aliphatic heterocycles. The van der Waals surface area contributed by atoms with Crippen LogP contribution >= 0.6 is 0 Å². The van der Waals surface area contributed by atoms with Gasteiger partial charge >= 0.3 is 11.6 Å². The van der Waals surface area contributed by atoms with Crippen LogP contribution in [-0.2, 0) is 16.0 Å². The summed E-state index contributed by atoms with van der Waals surface area (Å²) in [6.07, 6.45) is 14.9. The van der Waals surface area contributed by atoms with Crippen molar-refractivity contribution < 1.29 is 23.8 Å². The molecule has 0 atom stereocenters. The van der Waals surface area contributed by atoms with Crippen molar-refractivity contribution in [2.24, 2.45) is 0 Å². The standard InChI is InChI=1S/C27H38O6/c1-5-7-8-11-14-20(3)17-18-21(4)26(30)25-23(28)19-22(33-27(25)31)15-12-9-10-13-16-24(29)32-6-2/h10,13,17-19,28H,5-9,11-12,14-16H2,1-4H3/b13-10+,20-17+,21-18+. The third-order valence-electron chi connectivity index (χ3n) is 5.16. The van der Waals surface area contributed by atoms with E-state index in [0.29, 0.717) is 37.2 Å². The number of carbonyl (C=O) groups is 2. The van der Waals surface area contributed by atoms with Crippen molar-refractivity contribution in [1.82, 2.24) is 0 Å². The lowest BCUT2D eigenvalue weighted by Gasteiger charge is -2.05. The van der Waals surface area contributed by atoms with Crippen LogP contribution in [0.2, 0.25) is 0 Å². The number of ketones is 1. The minimum absolute atomic E-state index is 0.223. The van der Waals surface area contributed by atoms with Crippen molar-refractivity contribution in [2.75, 3.05) is 6.61 Å². The minimum Gasteiger partial charge on any atom is -0.507 e. The van der Waals surface area contributed by atoms with Gasteiger partial charge in [0.1, 0.15) is 17.1 Å². The Hall–Kier alpha value is -2.89. The van der Waals surface area contributed by atoms with Crippen molar-refractivity contribution in [3.05, 3.63) is 63.3 Å². The predicted molar refractivity (Wildman–Crippen MR) is 131 cm³/mol. The van der Waals surface area contributed by atoms with Crippen LogP contribution in [0.1, 0.15) is 95.2 Å². The molecule has 1 heterocycles. The third kappa shape index (κ3) is 11.0. The highest BCUT2D eigenvalue weighted by Gasteiger charge is 2.20. The highest BCUT2D eigenvalue weighted by molar-refractivity contribution is 6.09. The molecular formula is C27H38O6. The Labute approximate surface area is 197 Å². The van der Waals surface area contributed by atoms with E-state index < -0.39 is 11.4 Å². The molecule has 1 aromatic rings. The Kier molecular flexibility index (Phi) is 13.5. The molecule has 33 heavy (non-hydrogen) atoms. The Bertz CT molecular complexity index is 917. The Morgan fingerprint density at radius 2 is 1.82 bits per heavy atom. The zero-order chi connectivity index (χ0) is 24.6. The first-order valence-electron chi connectivity index (χ1n) is 11.8. The first kappa shape index (κ1) is 28.1. The number of Topliss-reactive ketones (excluding diaryl/α,β-unsaturated/α-hetero) is 1. The summed E-state index contributed by atoms with van der Waals surface area (Å²) in [6.45, 7) is 7.94. The molecule has 0 spiro atoms. The summed E-state index contributed by atoms with van der Waals surface area (Å²) in [5.74, 6) is -0.856. The predicted octanol–water partition coefficient (Wildman–Crippen LogP) is 6.22. The highest BCUT2D eigenvalue weighted by Crippen LogP contribution is 2.20. The average molecular weight is 459 g/mol. The lowest BCUT2D eigenvalue weighted by Crippen LogP contribution is -2.16. The summed E-state index contributed by atoms with van der Waals surface area (Å²) in [4.78, 5) is 36.3. The third-order valence-corrected chi connectivity index (χ3v) is 5.16. The Balaban J connectivity index is 2.68. The van der Waals surface area contributed by atoms with Gasteiger partial charge in [-0.2, -0.15) is 0 Å². The molecule has 1 rings (SSSR count). The quantitative estimate of drug-likeness (QED) is 0.0837. The Morgan fingerprint density at radius 3 is 2.48 bits per heavy atom. The van der Waals surface area contributed by atoms with E-state index in [2.05, 4.69) is 6.92 Å². The lowest BCUT2D eigenvalue weighted by atomic mass is 10.0. The maximum Gasteiger partial charge on any atom is 0.351 e. The van der Waals surface area contributed by atoms with Crippen LogP contribution in [0.4, 0.5) is 0 Å². The topological polar surface area (TPSA) is 93.8 Å². The van der Waals surface area contributed by atoms with Gasteiger partial charge in [-0.15, -0.1) is 0 Å². The number of ether oxygens (including phenoxy) is 1. The monoisotopic (exact) mass is 458 g/mol. The molecule has 1 N–H and O–H groups in total. The fourth-order valence-electron chi connectivity index (χ4n) is 3.23. The van der Waals surface area contributed by atoms with E-state index >= 15 is 0 Å². The number of aromatic hydroxyl groups is 1. The van der Waals surface area contributed by atoms with Crippen molar-refractivity contribution in [3.8, 4) is 5.75 Å². The van der Waals surface area contributed by atoms with Gasteiger partial charge in [-0.3, -0.25) is 9.59 Å². The van der Waals surface area contributed by atoms with E-state index in [-0.39, 0.29) is 23.7 Å². The van der Waals surface area contributed by atoms with Crippen LogP contribution in [0.3, 0.4) is 0 Å². The number of unbranched alkanes of at least 4 members (excludes halogenated alkanes) is 4. The molecule has 0 radical (unpaired) electrons. The zero-order valence-corrected chi connectivity index (χ0v) is 20.4. The summed E-state index contributed by atoms with van der Waals surface area (Å²) < 4.78 is 10.1. The van der Waals surface area contributed by atoms with E-state index in [1.165, 1.54) is 30.9 Å². The maximum absolute atomic E-state index is 12.7. The van der Waals surface area contributed by atoms with Gasteiger partial charge in [-0.05, 0) is 52.0 Å². The van der Waals surface area contributed by atoms with Gasteiger partial charge < -0.3 is 14.3 Å². The molecule has 0 saturated carbocycles. The van der Waals surface area contributed by atoms with Crippen molar-refractivity contribution in [1.29, 1.82) is 0 Å². The van der Waals surface area contributed by atoms with E-state index in [1.54, 1.807) is 26.0 Å². The summed E-state index contributed by atoms with van der Waals surface area (Å²) in [5.41, 5.74) is 0.364. The fourth-order valence-corrected chi connectivity index (χ4v) is 3.23. The van der Waals surface area contributed by atoms with Gasteiger partial charge in [-0.1, -0.05) is 56.1 Å². The van der Waals surface area contributed by atoms with Crippen LogP contribution in [0, 0.1) is 0 Å². The van der Waals surface area contributed by atoms with Gasteiger partial charge in [0.2, 0.25) is 0 Å². The molecule has 0 unspecified atom stereocenters. The van der Waals surface area contributed by atoms with E-state index in [0.717, 1.165) is 12.8 Å². The van der Waals surface area contributed by atoms with Gasteiger partial charge in [0.25, 0.3) is 0 Å². The molecule has 6 heteroatoms. The molecule has 0 amide bonds. The second-order valence-corrected chi connectivity index (χ2v) is 8.14. The van der Waals surface area contributed by atoms with Crippen LogP contribution in [-0.4, -0.2) is 23.5 Å². The average Bonchev–Trinajstić information content (AvgIpc) is 2.77. The summed E-state index contributed by atoms with van der Waals surface area (Å²) >= 11 is 0. The number of rotatable bonds is 15. The summed E-state index contributed by atoms with van der Waals surface area (Å²) in [7, 11) is 0. The van der Waals surface area contributed by atoms with E-state index in [1.807, 2.05) is 19.1 Å². The first-order chi connectivity index (χ1) is 15.8. The molecule has 0 bridgehead atoms. The summed E-state index contributed by atoms with van der Waals surface area (Å²) in [6, 6.07) is 1.33. The molecule has 0 fully saturated rings. The van der Waals surface area contributed by atoms with Gasteiger partial charge in [0.15, 0.2) is 5.78 Å². The SMILES string of the molecule is CCCCCC/C(C)=C/C=C(\C)C(=O)c1c(O)cc(CCC/C=C/CC(=O)OCC)oc1=O.